The van der Waals surface area contributed by atoms with Gasteiger partial charge in [-0.2, -0.15) is 0 Å². The van der Waals surface area contributed by atoms with Gasteiger partial charge in [-0.3, -0.25) is 0 Å². The van der Waals surface area contributed by atoms with E-state index in [0.29, 0.717) is 0 Å². The molecule has 6 bridgehead atoms. The van der Waals surface area contributed by atoms with E-state index >= 15 is 0 Å². The molecule has 12 nitrogen and oxygen atoms in total. The molecule has 2 aromatic rings. The molecule has 0 spiro atoms. The molecule has 0 N–H and O–H groups in total. The van der Waals surface area contributed by atoms with Crippen LogP contribution in [0.15, 0.2) is 28.8 Å². The van der Waals surface area contributed by atoms with E-state index in [0.717, 1.165) is 27.4 Å². The van der Waals surface area contributed by atoms with Crippen LogP contribution in [0.5, 0.6) is 0 Å². The van der Waals surface area contributed by atoms with Gasteiger partial charge in [0.1, 0.15) is 0 Å². The molecule has 2 aromatic heterocycles. The molecule has 0 aliphatic carbocycles. The van der Waals surface area contributed by atoms with E-state index in [1.54, 1.807) is 0 Å². The summed E-state index contributed by atoms with van der Waals surface area (Å²) < 4.78 is 4.43. The predicted octanol–water partition coefficient (Wildman–Crippen LogP) is -4.60. The average molecular weight is 480 g/mol. The number of rotatable bonds is 0. The minimum absolute atomic E-state index is 0.398. The van der Waals surface area contributed by atoms with Crippen LogP contribution in [0.25, 0.3) is 0 Å². The van der Waals surface area contributed by atoms with Crippen LogP contribution < -0.4 is 34.1 Å². The van der Waals surface area contributed by atoms with Crippen molar-refractivity contribution >= 4 is 0 Å². The van der Waals surface area contributed by atoms with E-state index in [1.165, 1.54) is 0 Å². The van der Waals surface area contributed by atoms with Crippen LogP contribution in [0.2, 0.25) is 0 Å². The lowest BCUT2D eigenvalue weighted by Gasteiger charge is -2.09. The summed E-state index contributed by atoms with van der Waals surface area (Å²) in [5.41, 5.74) is -5.57. The lowest BCUT2D eigenvalue weighted by Crippen LogP contribution is -2.54. The third-order valence-corrected chi connectivity index (χ3v) is 4.91. The highest BCUT2D eigenvalue weighted by Gasteiger charge is 2.15. The van der Waals surface area contributed by atoms with Crippen LogP contribution in [0.3, 0.4) is 0 Å². The zero-order valence-electron chi connectivity index (χ0n) is 18.4. The van der Waals surface area contributed by atoms with Crippen molar-refractivity contribution in [2.24, 2.45) is 0 Å². The Balaban J connectivity index is 2.08. The fourth-order valence-electron chi connectivity index (χ4n) is 3.15. The standard InChI is InChI=1S/C24H12N6O6/c31-19-25-13-7-1-2-8-14-26-21(33)29-17-11-5-3-9-15-27(19)23(35)28(20(25)32)16-10-4-6-12-18-30(22(26)34)24(29)36/h13-18H2. The zero-order valence-corrected chi connectivity index (χ0v) is 18.4. The Morgan fingerprint density at radius 3 is 0.583 bits per heavy atom. The first-order valence-corrected chi connectivity index (χ1v) is 10.2. The quantitative estimate of drug-likeness (QED) is 0.349. The Kier molecular flexibility index (Phi) is 6.47. The van der Waals surface area contributed by atoms with Crippen LogP contribution in [0.4, 0.5) is 0 Å². The van der Waals surface area contributed by atoms with Crippen molar-refractivity contribution < 1.29 is 0 Å². The molecule has 174 valence electrons. The molecule has 0 atom stereocenters. The molecule has 0 amide bonds. The van der Waals surface area contributed by atoms with Gasteiger partial charge in [0.05, 0.1) is 39.3 Å². The van der Waals surface area contributed by atoms with E-state index < -0.39 is 73.4 Å². The predicted molar refractivity (Wildman–Crippen MR) is 125 cm³/mol. The maximum atomic E-state index is 12.8. The third kappa shape index (κ3) is 4.35. The highest BCUT2D eigenvalue weighted by atomic mass is 16.2. The van der Waals surface area contributed by atoms with Crippen LogP contribution in [0, 0.1) is 71.0 Å². The molecule has 0 fully saturated rings. The van der Waals surface area contributed by atoms with E-state index in [1.807, 2.05) is 0 Å². The molecule has 0 aromatic carbocycles. The molecule has 3 aliphatic rings. The number of aromatic nitrogens is 6. The van der Waals surface area contributed by atoms with E-state index in [9.17, 15) is 28.8 Å². The van der Waals surface area contributed by atoms with Gasteiger partial charge in [0, 0.05) is 0 Å². The van der Waals surface area contributed by atoms with Crippen LogP contribution in [-0.2, 0) is 39.3 Å². The Labute approximate surface area is 201 Å². The number of fused-ring (bicyclic) bond motifs is 9. The van der Waals surface area contributed by atoms with Gasteiger partial charge in [0.2, 0.25) is 0 Å². The van der Waals surface area contributed by atoms with Gasteiger partial charge in [0.25, 0.3) is 0 Å². The van der Waals surface area contributed by atoms with Gasteiger partial charge in [-0.15, -0.1) is 0 Å². The molecule has 0 radical (unpaired) electrons. The van der Waals surface area contributed by atoms with Crippen LogP contribution >= 0.6 is 0 Å². The average Bonchev–Trinajstić information content (AvgIpc) is 2.85. The number of hydrogen-bond donors (Lipinski definition) is 0. The Bertz CT molecular complexity index is 1610. The Morgan fingerprint density at radius 1 is 0.306 bits per heavy atom. The van der Waals surface area contributed by atoms with Crippen molar-refractivity contribution in [2.45, 2.75) is 39.3 Å². The fraction of sp³-hybridized carbons (Fsp3) is 0.250. The van der Waals surface area contributed by atoms with Crippen molar-refractivity contribution in [1.82, 2.24) is 27.4 Å². The molecule has 3 aliphatic heterocycles. The van der Waals surface area contributed by atoms with Gasteiger partial charge >= 0.3 is 34.1 Å². The van der Waals surface area contributed by atoms with Crippen LogP contribution in [0.1, 0.15) is 0 Å². The van der Waals surface area contributed by atoms with Crippen LogP contribution in [-0.4, -0.2) is 27.4 Å². The molecule has 0 unspecified atom stereocenters. The van der Waals surface area contributed by atoms with Gasteiger partial charge in [-0.1, -0.05) is 35.5 Å². The molecular formula is C24H12N6O6. The van der Waals surface area contributed by atoms with Gasteiger partial charge in [-0.25, -0.2) is 56.2 Å². The summed E-state index contributed by atoms with van der Waals surface area (Å²) in [5.74, 6) is 29.7. The highest BCUT2D eigenvalue weighted by Crippen LogP contribution is 1.80. The smallest absolute Gasteiger partial charge is 0.247 e. The molecular weight excluding hydrogens is 468 g/mol. The summed E-state index contributed by atoms with van der Waals surface area (Å²) in [5, 5.41) is 0. The topological polar surface area (TPSA) is 132 Å². The molecule has 36 heavy (non-hydrogen) atoms. The van der Waals surface area contributed by atoms with E-state index in [2.05, 4.69) is 71.0 Å². The lowest BCUT2D eigenvalue weighted by atomic mass is 10.4. The first kappa shape index (κ1) is 23.3. The highest BCUT2D eigenvalue weighted by molar-refractivity contribution is 5.27. The second-order valence-corrected chi connectivity index (χ2v) is 7.02. The molecule has 12 heteroatoms. The SMILES string of the molecule is O=c1n2c(=O)n3c(=O)n1CC#CC#CCn1c(=O)n(c(=O)n(c1=O)CC#CC#CC3)CC#CC#CC2. The second-order valence-electron chi connectivity index (χ2n) is 7.02. The maximum Gasteiger partial charge on any atom is 0.338 e. The molecule has 0 saturated heterocycles. The summed E-state index contributed by atoms with van der Waals surface area (Å²) >= 11 is 0. The Morgan fingerprint density at radius 2 is 0.444 bits per heavy atom. The minimum Gasteiger partial charge on any atom is -0.247 e. The molecule has 0 saturated carbocycles. The van der Waals surface area contributed by atoms with Crippen molar-refractivity contribution in [3.8, 4) is 71.0 Å². The summed E-state index contributed by atoms with van der Waals surface area (Å²) in [6, 6.07) is 0. The number of hydrogen-bond acceptors (Lipinski definition) is 6. The van der Waals surface area contributed by atoms with Gasteiger partial charge in [0.15, 0.2) is 0 Å². The summed E-state index contributed by atoms with van der Waals surface area (Å²) in [6.07, 6.45) is 0. The first-order valence-electron chi connectivity index (χ1n) is 10.2. The van der Waals surface area contributed by atoms with E-state index in [4.69, 9.17) is 0 Å². The zero-order chi connectivity index (χ0) is 25.7. The molecule has 5 rings (SSSR count). The maximum absolute atomic E-state index is 12.8. The van der Waals surface area contributed by atoms with Crippen molar-refractivity contribution in [1.29, 1.82) is 0 Å². The largest absolute Gasteiger partial charge is 0.338 e. The summed E-state index contributed by atoms with van der Waals surface area (Å²) in [6.45, 7) is -2.39. The fourth-order valence-corrected chi connectivity index (χ4v) is 3.15. The normalized spacial score (nSPS) is 13.0. The lowest BCUT2D eigenvalue weighted by molar-refractivity contribution is 0.510. The summed E-state index contributed by atoms with van der Waals surface area (Å²) in [4.78, 5) is 76.8. The summed E-state index contributed by atoms with van der Waals surface area (Å²) in [7, 11) is 0. The minimum atomic E-state index is -0.928. The molecule has 5 heterocycles. The third-order valence-electron chi connectivity index (χ3n) is 4.91. The van der Waals surface area contributed by atoms with Crippen molar-refractivity contribution in [3.63, 3.8) is 0 Å². The Hall–Kier alpha value is -5.82. The van der Waals surface area contributed by atoms with Gasteiger partial charge < -0.3 is 0 Å². The van der Waals surface area contributed by atoms with Crippen molar-refractivity contribution in [2.75, 3.05) is 0 Å². The second kappa shape index (κ2) is 9.98. The first-order chi connectivity index (χ1) is 17.4. The monoisotopic (exact) mass is 480 g/mol. The van der Waals surface area contributed by atoms with E-state index in [-0.39, 0.29) is 0 Å². The van der Waals surface area contributed by atoms with Crippen molar-refractivity contribution in [3.05, 3.63) is 62.9 Å². The van der Waals surface area contributed by atoms with Gasteiger partial charge in [-0.05, 0) is 35.5 Å². The number of nitrogens with zero attached hydrogens (tertiary/aromatic N) is 6.